The van der Waals surface area contributed by atoms with Crippen molar-refractivity contribution >= 4 is 0 Å². The fourth-order valence-electron chi connectivity index (χ4n) is 3.25. The highest BCUT2D eigenvalue weighted by atomic mass is 16.5. The number of aliphatic hydroxyl groups is 1. The van der Waals surface area contributed by atoms with E-state index in [0.717, 1.165) is 12.3 Å². The molecule has 0 aromatic heterocycles. The third kappa shape index (κ3) is 5.29. The predicted octanol–water partition coefficient (Wildman–Crippen LogP) is 2.32. The van der Waals surface area contributed by atoms with Gasteiger partial charge in [-0.3, -0.25) is 0 Å². The molecule has 1 saturated heterocycles. The third-order valence-corrected chi connectivity index (χ3v) is 4.56. The summed E-state index contributed by atoms with van der Waals surface area (Å²) < 4.78 is 5.95. The molecule has 3 heteroatoms. The first kappa shape index (κ1) is 17.3. The van der Waals surface area contributed by atoms with Gasteiger partial charge in [-0.2, -0.15) is 0 Å². The van der Waals surface area contributed by atoms with E-state index in [4.69, 9.17) is 4.74 Å². The molecule has 0 aliphatic carbocycles. The van der Waals surface area contributed by atoms with Crippen LogP contribution in [0.25, 0.3) is 0 Å². The molecule has 2 rings (SSSR count). The average molecular weight is 306 g/mol. The quantitative estimate of drug-likeness (QED) is 0.846. The van der Waals surface area contributed by atoms with Crippen LogP contribution in [0.4, 0.5) is 0 Å². The van der Waals surface area contributed by atoms with Gasteiger partial charge in [-0.1, -0.05) is 26.0 Å². The van der Waals surface area contributed by atoms with Crippen LogP contribution in [0.15, 0.2) is 18.2 Å². The molecule has 1 unspecified atom stereocenters. The van der Waals surface area contributed by atoms with Gasteiger partial charge in [0.15, 0.2) is 0 Å². The molecule has 22 heavy (non-hydrogen) atoms. The first-order chi connectivity index (χ1) is 10.6. The molecule has 1 aliphatic heterocycles. The molecule has 0 radical (unpaired) electrons. The van der Waals surface area contributed by atoms with Crippen molar-refractivity contribution in [2.24, 2.45) is 0 Å². The maximum absolute atomic E-state index is 10.3. The van der Waals surface area contributed by atoms with Gasteiger partial charge in [-0.15, -0.1) is 0 Å². The fraction of sp³-hybridized carbons (Fsp3) is 0.684. The topological polar surface area (TPSA) is 33.9 Å². The van der Waals surface area contributed by atoms with Gasteiger partial charge in [0.25, 0.3) is 0 Å². The highest BCUT2D eigenvalue weighted by Gasteiger charge is 2.18. The van der Waals surface area contributed by atoms with Crippen LogP contribution < -0.4 is 9.64 Å². The first-order valence-electron chi connectivity index (χ1n) is 8.81. The zero-order chi connectivity index (χ0) is 15.9. The molecule has 2 N–H and O–H groups in total. The molecule has 1 aliphatic rings. The van der Waals surface area contributed by atoms with Crippen molar-refractivity contribution < 1.29 is 14.7 Å². The van der Waals surface area contributed by atoms with Gasteiger partial charge in [0, 0.05) is 0 Å². The summed E-state index contributed by atoms with van der Waals surface area (Å²) in [5, 5.41) is 10.3. The molecule has 0 spiro atoms. The Bertz CT molecular complexity index is 451. The van der Waals surface area contributed by atoms with Crippen LogP contribution in [0, 0.1) is 6.92 Å². The normalized spacial score (nSPS) is 18.2. The number of rotatable bonds is 6. The molecule has 0 bridgehead atoms. The van der Waals surface area contributed by atoms with Crippen molar-refractivity contribution in [2.75, 3.05) is 26.2 Å². The monoisotopic (exact) mass is 306 g/mol. The Hall–Kier alpha value is -1.06. The molecule has 1 heterocycles. The van der Waals surface area contributed by atoms with Crippen LogP contribution in [0.5, 0.6) is 5.75 Å². The van der Waals surface area contributed by atoms with Gasteiger partial charge in [0.05, 0.1) is 13.1 Å². The smallest absolute Gasteiger partial charge is 0.137 e. The number of nitrogens with one attached hydrogen (secondary N) is 1. The summed E-state index contributed by atoms with van der Waals surface area (Å²) in [6.07, 6.45) is 4.89. The second-order valence-corrected chi connectivity index (χ2v) is 7.03. The Morgan fingerprint density at radius 2 is 1.82 bits per heavy atom. The molecule has 1 atom stereocenters. The lowest BCUT2D eigenvalue weighted by Crippen LogP contribution is -3.13. The Morgan fingerprint density at radius 1 is 1.14 bits per heavy atom. The lowest BCUT2D eigenvalue weighted by atomic mass is 10.0. The largest absolute Gasteiger partial charge is 0.490 e. The predicted molar refractivity (Wildman–Crippen MR) is 90.8 cm³/mol. The van der Waals surface area contributed by atoms with E-state index in [9.17, 15) is 5.11 Å². The number of likely N-dealkylation sites (tertiary alicyclic amines) is 1. The van der Waals surface area contributed by atoms with Crippen molar-refractivity contribution in [1.29, 1.82) is 0 Å². The summed E-state index contributed by atoms with van der Waals surface area (Å²) in [6.45, 7) is 10.0. The second kappa shape index (κ2) is 8.54. The summed E-state index contributed by atoms with van der Waals surface area (Å²) in [6, 6.07) is 6.35. The number of quaternary nitrogens is 1. The fourth-order valence-corrected chi connectivity index (χ4v) is 3.25. The van der Waals surface area contributed by atoms with E-state index in [-0.39, 0.29) is 6.10 Å². The summed E-state index contributed by atoms with van der Waals surface area (Å²) in [5.41, 5.74) is 2.42. The number of hydrogen-bond donors (Lipinski definition) is 2. The number of benzene rings is 1. The van der Waals surface area contributed by atoms with Gasteiger partial charge in [0.2, 0.25) is 0 Å². The van der Waals surface area contributed by atoms with E-state index in [0.29, 0.717) is 12.5 Å². The summed E-state index contributed by atoms with van der Waals surface area (Å²) in [4.78, 5) is 1.53. The minimum absolute atomic E-state index is 0.381. The molecule has 1 fully saturated rings. The van der Waals surface area contributed by atoms with Crippen molar-refractivity contribution in [1.82, 2.24) is 0 Å². The van der Waals surface area contributed by atoms with Crippen molar-refractivity contribution in [3.8, 4) is 5.75 Å². The van der Waals surface area contributed by atoms with Gasteiger partial charge in [-0.05, 0) is 55.7 Å². The average Bonchev–Trinajstić information content (AvgIpc) is 2.73. The Balaban J connectivity index is 1.87. The molecule has 1 aromatic carbocycles. The highest BCUT2D eigenvalue weighted by molar-refractivity contribution is 5.39. The summed E-state index contributed by atoms with van der Waals surface area (Å²) in [5.74, 6) is 1.36. The zero-order valence-electron chi connectivity index (χ0n) is 14.4. The number of aryl methyl sites for hydroxylation is 1. The number of hydrogen-bond acceptors (Lipinski definition) is 2. The van der Waals surface area contributed by atoms with E-state index < -0.39 is 0 Å². The van der Waals surface area contributed by atoms with Crippen LogP contribution in [0.1, 0.15) is 56.6 Å². The SMILES string of the molecule is Cc1ccc(C(C)C)c(OCC(O)C[NH+]2CCCCCC2)c1. The molecular formula is C19H32NO2+. The lowest BCUT2D eigenvalue weighted by Gasteiger charge is -2.21. The minimum atomic E-state index is -0.381. The Kier molecular flexibility index (Phi) is 6.71. The van der Waals surface area contributed by atoms with Gasteiger partial charge in [-0.25, -0.2) is 0 Å². The van der Waals surface area contributed by atoms with Crippen molar-refractivity contribution in [3.63, 3.8) is 0 Å². The minimum Gasteiger partial charge on any atom is -0.490 e. The van der Waals surface area contributed by atoms with Crippen LogP contribution >= 0.6 is 0 Å². The summed E-state index contributed by atoms with van der Waals surface area (Å²) in [7, 11) is 0. The molecule has 3 nitrogen and oxygen atoms in total. The standard InChI is InChI=1S/C19H31NO2/c1-15(2)18-9-8-16(3)12-19(18)22-14-17(21)13-20-10-6-4-5-7-11-20/h8-9,12,15,17,21H,4-7,10-11,13-14H2,1-3H3/p+1. The number of ether oxygens (including phenoxy) is 1. The van der Waals surface area contributed by atoms with Crippen LogP contribution in [-0.2, 0) is 0 Å². The zero-order valence-corrected chi connectivity index (χ0v) is 14.4. The molecule has 124 valence electrons. The van der Waals surface area contributed by atoms with Gasteiger partial charge in [0.1, 0.15) is 25.0 Å². The number of aliphatic hydroxyl groups excluding tert-OH is 1. The van der Waals surface area contributed by atoms with E-state index in [2.05, 4.69) is 39.0 Å². The Labute approximate surface area is 135 Å². The van der Waals surface area contributed by atoms with E-state index in [1.807, 2.05) is 0 Å². The second-order valence-electron chi connectivity index (χ2n) is 7.03. The maximum atomic E-state index is 10.3. The molecule has 0 saturated carbocycles. The lowest BCUT2D eigenvalue weighted by molar-refractivity contribution is -0.902. The van der Waals surface area contributed by atoms with Crippen LogP contribution in [-0.4, -0.2) is 37.5 Å². The highest BCUT2D eigenvalue weighted by Crippen LogP contribution is 2.27. The van der Waals surface area contributed by atoms with Crippen LogP contribution in [0.2, 0.25) is 0 Å². The van der Waals surface area contributed by atoms with E-state index >= 15 is 0 Å². The Morgan fingerprint density at radius 3 is 2.45 bits per heavy atom. The summed E-state index contributed by atoms with van der Waals surface area (Å²) >= 11 is 0. The van der Waals surface area contributed by atoms with Gasteiger partial charge < -0.3 is 14.7 Å². The molecular weight excluding hydrogens is 274 g/mol. The molecule has 0 amide bonds. The molecule has 1 aromatic rings. The van der Waals surface area contributed by atoms with Crippen molar-refractivity contribution in [2.45, 2.75) is 58.5 Å². The third-order valence-electron chi connectivity index (χ3n) is 4.56. The van der Waals surface area contributed by atoms with Gasteiger partial charge >= 0.3 is 0 Å². The van der Waals surface area contributed by atoms with Crippen LogP contribution in [0.3, 0.4) is 0 Å². The maximum Gasteiger partial charge on any atom is 0.137 e. The van der Waals surface area contributed by atoms with Crippen molar-refractivity contribution in [3.05, 3.63) is 29.3 Å². The first-order valence-corrected chi connectivity index (χ1v) is 8.81. The van der Waals surface area contributed by atoms with E-state index in [1.165, 1.54) is 54.8 Å². The van der Waals surface area contributed by atoms with E-state index in [1.54, 1.807) is 0 Å².